The van der Waals surface area contributed by atoms with E-state index in [2.05, 4.69) is 25.5 Å². The molecule has 3 aliphatic rings. The van der Waals surface area contributed by atoms with Gasteiger partial charge in [0, 0.05) is 19.0 Å². The molecular weight excluding hydrogens is 350 g/mol. The van der Waals surface area contributed by atoms with Gasteiger partial charge in [-0.3, -0.25) is 5.32 Å². The molecule has 148 valence electrons. The van der Waals surface area contributed by atoms with Crippen molar-refractivity contribution in [2.75, 3.05) is 48.4 Å². The van der Waals surface area contributed by atoms with E-state index in [0.717, 1.165) is 45.0 Å². The zero-order valence-corrected chi connectivity index (χ0v) is 16.1. The smallest absolute Gasteiger partial charge is 0.414 e. The zero-order valence-electron chi connectivity index (χ0n) is 16.1. The van der Waals surface area contributed by atoms with Gasteiger partial charge in [0.1, 0.15) is 12.2 Å². The molecule has 4 rings (SSSR count). The summed E-state index contributed by atoms with van der Waals surface area (Å²) < 4.78 is 16.7. The van der Waals surface area contributed by atoms with Gasteiger partial charge in [-0.1, -0.05) is 0 Å². The van der Waals surface area contributed by atoms with Gasteiger partial charge in [-0.25, -0.2) is 4.79 Å². The van der Waals surface area contributed by atoms with E-state index >= 15 is 0 Å². The lowest BCUT2D eigenvalue weighted by molar-refractivity contribution is -0.0471. The first-order valence-corrected chi connectivity index (χ1v) is 9.53. The number of rotatable bonds is 3. The highest BCUT2D eigenvalue weighted by Gasteiger charge is 2.35. The van der Waals surface area contributed by atoms with Crippen LogP contribution in [0.2, 0.25) is 0 Å². The molecule has 0 spiro atoms. The predicted molar refractivity (Wildman–Crippen MR) is 101 cm³/mol. The Morgan fingerprint density at radius 2 is 1.96 bits per heavy atom. The summed E-state index contributed by atoms with van der Waals surface area (Å²) in [7, 11) is 0. The van der Waals surface area contributed by atoms with E-state index in [4.69, 9.17) is 14.2 Å². The molecule has 0 bridgehead atoms. The summed E-state index contributed by atoms with van der Waals surface area (Å²) in [4.78, 5) is 23.4. The number of hydrogen-bond donors (Lipinski definition) is 2. The zero-order chi connectivity index (χ0) is 19.0. The summed E-state index contributed by atoms with van der Waals surface area (Å²) in [6, 6.07) is 0.141. The Morgan fingerprint density at radius 1 is 1.22 bits per heavy atom. The highest BCUT2D eigenvalue weighted by atomic mass is 16.6. The second-order valence-corrected chi connectivity index (χ2v) is 8.23. The molecule has 3 aliphatic heterocycles. The van der Waals surface area contributed by atoms with Crippen molar-refractivity contribution >= 4 is 23.7 Å². The van der Waals surface area contributed by atoms with E-state index < -0.39 is 11.7 Å². The molecule has 0 radical (unpaired) electrons. The van der Waals surface area contributed by atoms with Crippen molar-refractivity contribution in [2.24, 2.45) is 5.92 Å². The largest absolute Gasteiger partial charge is 0.484 e. The third-order valence-electron chi connectivity index (χ3n) is 4.83. The summed E-state index contributed by atoms with van der Waals surface area (Å²) in [5, 5.41) is 6.10. The normalized spacial score (nSPS) is 22.3. The van der Waals surface area contributed by atoms with Crippen molar-refractivity contribution < 1.29 is 19.0 Å². The van der Waals surface area contributed by atoms with Crippen LogP contribution in [0.25, 0.3) is 0 Å². The summed E-state index contributed by atoms with van der Waals surface area (Å²) in [6.07, 6.45) is 1.65. The molecule has 2 N–H and O–H groups in total. The number of amides is 1. The number of carbonyl (C=O) groups is 1. The Labute approximate surface area is 158 Å². The first kappa shape index (κ1) is 18.1. The maximum Gasteiger partial charge on any atom is 0.414 e. The van der Waals surface area contributed by atoms with Crippen LogP contribution in [0.4, 0.5) is 22.4 Å². The second kappa shape index (κ2) is 7.03. The number of ether oxygens (including phenoxy) is 3. The third kappa shape index (κ3) is 4.02. The van der Waals surface area contributed by atoms with Crippen molar-refractivity contribution in [2.45, 2.75) is 45.3 Å². The molecule has 1 aromatic heterocycles. The fourth-order valence-corrected chi connectivity index (χ4v) is 3.39. The number of hydrogen-bond acceptors (Lipinski definition) is 8. The van der Waals surface area contributed by atoms with Crippen LogP contribution < -0.4 is 20.3 Å². The molecule has 9 nitrogen and oxygen atoms in total. The monoisotopic (exact) mass is 377 g/mol. The molecule has 1 unspecified atom stereocenters. The van der Waals surface area contributed by atoms with Gasteiger partial charge >= 0.3 is 6.09 Å². The first-order valence-electron chi connectivity index (χ1n) is 9.53. The summed E-state index contributed by atoms with van der Waals surface area (Å²) in [5.74, 6) is 2.61. The number of nitrogens with zero attached hydrogens (tertiary/aromatic N) is 3. The molecule has 4 heterocycles. The summed E-state index contributed by atoms with van der Waals surface area (Å²) >= 11 is 0. The Balaban J connectivity index is 1.59. The number of nitrogens with one attached hydrogen (secondary N) is 2. The van der Waals surface area contributed by atoms with Crippen molar-refractivity contribution in [3.8, 4) is 5.75 Å². The number of aromatic nitrogens is 2. The van der Waals surface area contributed by atoms with Crippen LogP contribution in [0, 0.1) is 5.92 Å². The SMILES string of the molecule is CC(C)(C)OC(=O)Nc1nc2c(c(N3CCCC3)n1)OCC(C1COC1)N2. The maximum absolute atomic E-state index is 12.2. The van der Waals surface area contributed by atoms with Gasteiger partial charge < -0.3 is 24.4 Å². The lowest BCUT2D eigenvalue weighted by Crippen LogP contribution is -2.47. The summed E-state index contributed by atoms with van der Waals surface area (Å²) in [6.45, 7) is 9.29. The van der Waals surface area contributed by atoms with Crippen LogP contribution in [0.5, 0.6) is 5.75 Å². The number of fused-ring (bicyclic) bond motifs is 1. The summed E-state index contributed by atoms with van der Waals surface area (Å²) in [5.41, 5.74) is -0.591. The van der Waals surface area contributed by atoms with Crippen LogP contribution in [0.3, 0.4) is 0 Å². The van der Waals surface area contributed by atoms with E-state index in [0.29, 0.717) is 24.1 Å². The minimum atomic E-state index is -0.591. The number of anilines is 3. The van der Waals surface area contributed by atoms with Crippen LogP contribution in [0.15, 0.2) is 0 Å². The highest BCUT2D eigenvalue weighted by Crippen LogP contribution is 2.39. The van der Waals surface area contributed by atoms with Gasteiger partial charge in [0.2, 0.25) is 11.7 Å². The molecule has 27 heavy (non-hydrogen) atoms. The molecule has 0 saturated carbocycles. The molecule has 0 aliphatic carbocycles. The third-order valence-corrected chi connectivity index (χ3v) is 4.83. The van der Waals surface area contributed by atoms with Crippen LogP contribution in [0.1, 0.15) is 33.6 Å². The molecule has 1 amide bonds. The van der Waals surface area contributed by atoms with Crippen LogP contribution >= 0.6 is 0 Å². The molecule has 2 fully saturated rings. The molecule has 9 heteroatoms. The standard InChI is InChI=1S/C18H27N5O4/c1-18(2,3)27-17(24)22-16-20-14-13(15(21-16)23-6-4-5-7-23)26-10-12(19-14)11-8-25-9-11/h11-12H,4-10H2,1-3H3,(H2,19,20,21,22,24). The van der Waals surface area contributed by atoms with E-state index in [9.17, 15) is 4.79 Å². The van der Waals surface area contributed by atoms with Gasteiger partial charge in [0.05, 0.1) is 19.3 Å². The van der Waals surface area contributed by atoms with E-state index in [-0.39, 0.29) is 12.0 Å². The Bertz CT molecular complexity index is 710. The minimum absolute atomic E-state index is 0.141. The van der Waals surface area contributed by atoms with Crippen LogP contribution in [-0.4, -0.2) is 60.6 Å². The Kier molecular flexibility index (Phi) is 4.71. The van der Waals surface area contributed by atoms with Crippen molar-refractivity contribution in [1.82, 2.24) is 9.97 Å². The Hall–Kier alpha value is -2.29. The van der Waals surface area contributed by atoms with Crippen molar-refractivity contribution in [1.29, 1.82) is 0 Å². The highest BCUT2D eigenvalue weighted by molar-refractivity contribution is 5.84. The lowest BCUT2D eigenvalue weighted by Gasteiger charge is -2.37. The van der Waals surface area contributed by atoms with E-state index in [1.54, 1.807) is 0 Å². The fraction of sp³-hybridized carbons (Fsp3) is 0.722. The molecule has 1 aromatic rings. The average molecular weight is 377 g/mol. The molecule has 1 atom stereocenters. The topological polar surface area (TPSA) is 97.8 Å². The average Bonchev–Trinajstić information content (AvgIpc) is 3.04. The number of carbonyl (C=O) groups excluding carboxylic acids is 1. The minimum Gasteiger partial charge on any atom is -0.484 e. The molecule has 2 saturated heterocycles. The van der Waals surface area contributed by atoms with Crippen LogP contribution in [-0.2, 0) is 9.47 Å². The van der Waals surface area contributed by atoms with E-state index in [1.807, 2.05) is 20.8 Å². The fourth-order valence-electron chi connectivity index (χ4n) is 3.39. The lowest BCUT2D eigenvalue weighted by atomic mass is 9.98. The quantitative estimate of drug-likeness (QED) is 0.828. The molecular formula is C18H27N5O4. The maximum atomic E-state index is 12.2. The predicted octanol–water partition coefficient (Wildman–Crippen LogP) is 2.24. The van der Waals surface area contributed by atoms with Gasteiger partial charge in [-0.2, -0.15) is 9.97 Å². The van der Waals surface area contributed by atoms with Gasteiger partial charge in [-0.05, 0) is 33.6 Å². The molecule has 0 aromatic carbocycles. The van der Waals surface area contributed by atoms with E-state index in [1.165, 1.54) is 0 Å². The van der Waals surface area contributed by atoms with Gasteiger partial charge in [0.15, 0.2) is 11.6 Å². The first-order chi connectivity index (χ1) is 12.9. The van der Waals surface area contributed by atoms with Crippen molar-refractivity contribution in [3.63, 3.8) is 0 Å². The van der Waals surface area contributed by atoms with Gasteiger partial charge in [-0.15, -0.1) is 0 Å². The van der Waals surface area contributed by atoms with Crippen molar-refractivity contribution in [3.05, 3.63) is 0 Å². The van der Waals surface area contributed by atoms with Gasteiger partial charge in [0.25, 0.3) is 0 Å². The Morgan fingerprint density at radius 3 is 2.59 bits per heavy atom. The second-order valence-electron chi connectivity index (χ2n) is 8.23.